The van der Waals surface area contributed by atoms with Crippen LogP contribution in [0.15, 0.2) is 27.8 Å². The van der Waals surface area contributed by atoms with E-state index in [1.165, 1.54) is 0 Å². The van der Waals surface area contributed by atoms with Gasteiger partial charge < -0.3 is 10.1 Å². The van der Waals surface area contributed by atoms with Crippen LogP contribution in [0.3, 0.4) is 0 Å². The van der Waals surface area contributed by atoms with Crippen LogP contribution in [0.2, 0.25) is 0 Å². The van der Waals surface area contributed by atoms with E-state index >= 15 is 0 Å². The monoisotopic (exact) mass is 230 g/mol. The largest absolute Gasteiger partial charge is 0.395 e. The van der Waals surface area contributed by atoms with E-state index in [-0.39, 0.29) is 6.61 Å². The average molecular weight is 230 g/mol. The summed E-state index contributed by atoms with van der Waals surface area (Å²) in [5.74, 6) is 5.59. The van der Waals surface area contributed by atoms with Crippen molar-refractivity contribution in [3.8, 4) is 11.8 Å². The van der Waals surface area contributed by atoms with Crippen LogP contribution in [-0.4, -0.2) is 21.7 Å². The van der Waals surface area contributed by atoms with Gasteiger partial charge in [-0.3, -0.25) is 9.78 Å². The maximum Gasteiger partial charge on any atom is 0.326 e. The highest BCUT2D eigenvalue weighted by Crippen LogP contribution is 2.07. The van der Waals surface area contributed by atoms with E-state index in [0.717, 1.165) is 0 Å². The lowest BCUT2D eigenvalue weighted by atomic mass is 10.1. The number of aromatic nitrogens is 2. The quantitative estimate of drug-likeness (QED) is 0.600. The number of benzene rings is 1. The van der Waals surface area contributed by atoms with Crippen molar-refractivity contribution in [2.45, 2.75) is 6.42 Å². The summed E-state index contributed by atoms with van der Waals surface area (Å²) >= 11 is 0. The van der Waals surface area contributed by atoms with Crippen LogP contribution >= 0.6 is 0 Å². The number of hydrogen-bond acceptors (Lipinski definition) is 3. The second-order valence-corrected chi connectivity index (χ2v) is 3.44. The van der Waals surface area contributed by atoms with E-state index in [1.54, 1.807) is 18.2 Å². The van der Waals surface area contributed by atoms with Gasteiger partial charge in [-0.2, -0.15) is 0 Å². The third-order valence-corrected chi connectivity index (χ3v) is 2.21. The molecule has 0 saturated carbocycles. The molecule has 0 atom stereocenters. The third-order valence-electron chi connectivity index (χ3n) is 2.21. The molecule has 0 amide bonds. The Morgan fingerprint density at radius 1 is 1.24 bits per heavy atom. The summed E-state index contributed by atoms with van der Waals surface area (Å²) in [5, 5.41) is 8.98. The molecule has 0 unspecified atom stereocenters. The highest BCUT2D eigenvalue weighted by atomic mass is 16.2. The molecule has 1 aromatic heterocycles. The van der Waals surface area contributed by atoms with E-state index in [9.17, 15) is 9.59 Å². The fraction of sp³-hybridized carbons (Fsp3) is 0.167. The second kappa shape index (κ2) is 4.68. The van der Waals surface area contributed by atoms with Crippen LogP contribution in [-0.2, 0) is 0 Å². The van der Waals surface area contributed by atoms with Crippen molar-refractivity contribution in [1.29, 1.82) is 0 Å². The maximum atomic E-state index is 11.5. The predicted molar refractivity (Wildman–Crippen MR) is 63.8 cm³/mol. The van der Waals surface area contributed by atoms with Gasteiger partial charge >= 0.3 is 5.69 Å². The Balaban J connectivity index is 2.56. The van der Waals surface area contributed by atoms with Crippen LogP contribution < -0.4 is 11.2 Å². The fourth-order valence-corrected chi connectivity index (χ4v) is 1.46. The second-order valence-electron chi connectivity index (χ2n) is 3.44. The first kappa shape index (κ1) is 11.2. The van der Waals surface area contributed by atoms with Crippen LogP contribution in [0, 0.1) is 11.8 Å². The van der Waals surface area contributed by atoms with Crippen LogP contribution in [0.4, 0.5) is 0 Å². The number of fused-ring (bicyclic) bond motifs is 1. The van der Waals surface area contributed by atoms with Crippen molar-refractivity contribution < 1.29 is 5.11 Å². The minimum absolute atomic E-state index is 0.00842. The SMILES string of the molecule is O=c1[nH]c(=O)c2cc(C#CCCO)ccc2[nH]1. The molecule has 0 aliphatic carbocycles. The van der Waals surface area contributed by atoms with Crippen molar-refractivity contribution in [3.63, 3.8) is 0 Å². The zero-order valence-corrected chi connectivity index (χ0v) is 8.91. The first-order chi connectivity index (χ1) is 8.20. The number of aromatic amines is 2. The summed E-state index contributed by atoms with van der Waals surface area (Å²) in [6.07, 6.45) is 0.389. The van der Waals surface area contributed by atoms with E-state index in [1.807, 2.05) is 0 Å². The fourth-order valence-electron chi connectivity index (χ4n) is 1.46. The standard InChI is InChI=1S/C12H10N2O3/c15-6-2-1-3-8-4-5-10-9(7-8)11(16)14-12(17)13-10/h4-5,7,15H,2,6H2,(H2,13,14,16,17). The van der Waals surface area contributed by atoms with Crippen LogP contribution in [0.25, 0.3) is 10.9 Å². The van der Waals surface area contributed by atoms with Gasteiger partial charge in [0, 0.05) is 12.0 Å². The molecular weight excluding hydrogens is 220 g/mol. The number of hydrogen-bond donors (Lipinski definition) is 3. The molecule has 2 rings (SSSR count). The molecule has 0 aliphatic heterocycles. The van der Waals surface area contributed by atoms with Gasteiger partial charge in [-0.25, -0.2) is 4.79 Å². The molecule has 0 fully saturated rings. The molecule has 5 nitrogen and oxygen atoms in total. The van der Waals surface area contributed by atoms with Gasteiger partial charge in [0.25, 0.3) is 5.56 Å². The van der Waals surface area contributed by atoms with Crippen molar-refractivity contribution in [3.05, 3.63) is 44.6 Å². The van der Waals surface area contributed by atoms with Crippen molar-refractivity contribution in [2.75, 3.05) is 6.61 Å². The smallest absolute Gasteiger partial charge is 0.326 e. The lowest BCUT2D eigenvalue weighted by molar-refractivity contribution is 0.305. The molecule has 1 aromatic carbocycles. The summed E-state index contributed by atoms with van der Waals surface area (Å²) in [4.78, 5) is 27.2. The van der Waals surface area contributed by atoms with Crippen molar-refractivity contribution >= 4 is 10.9 Å². The Bertz CT molecular complexity index is 716. The van der Waals surface area contributed by atoms with E-state index in [0.29, 0.717) is 22.9 Å². The van der Waals surface area contributed by atoms with E-state index in [4.69, 9.17) is 5.11 Å². The van der Waals surface area contributed by atoms with Gasteiger partial charge in [0.2, 0.25) is 0 Å². The summed E-state index contributed by atoms with van der Waals surface area (Å²) < 4.78 is 0. The molecule has 1 heterocycles. The normalized spacial score (nSPS) is 9.94. The highest BCUT2D eigenvalue weighted by Gasteiger charge is 2.00. The summed E-state index contributed by atoms with van der Waals surface area (Å²) in [5.41, 5.74) is 0.186. The molecule has 2 aromatic rings. The zero-order valence-electron chi connectivity index (χ0n) is 8.91. The molecule has 0 saturated heterocycles. The topological polar surface area (TPSA) is 85.9 Å². The van der Waals surface area contributed by atoms with Crippen LogP contribution in [0.1, 0.15) is 12.0 Å². The van der Waals surface area contributed by atoms with Crippen molar-refractivity contribution in [1.82, 2.24) is 9.97 Å². The first-order valence-corrected chi connectivity index (χ1v) is 5.07. The minimum Gasteiger partial charge on any atom is -0.395 e. The lowest BCUT2D eigenvalue weighted by Crippen LogP contribution is -2.21. The van der Waals surface area contributed by atoms with Gasteiger partial charge in [-0.15, -0.1) is 0 Å². The molecule has 0 bridgehead atoms. The van der Waals surface area contributed by atoms with E-state index < -0.39 is 11.2 Å². The van der Waals surface area contributed by atoms with Gasteiger partial charge in [0.15, 0.2) is 0 Å². The van der Waals surface area contributed by atoms with E-state index in [2.05, 4.69) is 21.8 Å². The Hall–Kier alpha value is -2.32. The van der Waals surface area contributed by atoms with Gasteiger partial charge in [0.1, 0.15) is 0 Å². The molecule has 0 spiro atoms. The third kappa shape index (κ3) is 2.44. The maximum absolute atomic E-state index is 11.5. The number of aliphatic hydroxyl groups is 1. The molecule has 0 aliphatic rings. The Morgan fingerprint density at radius 3 is 2.82 bits per heavy atom. The average Bonchev–Trinajstić information content (AvgIpc) is 2.30. The van der Waals surface area contributed by atoms with Crippen LogP contribution in [0.5, 0.6) is 0 Å². The Kier molecular flexibility index (Phi) is 3.08. The number of aliphatic hydroxyl groups excluding tert-OH is 1. The Labute approximate surface area is 96.1 Å². The predicted octanol–water partition coefficient (Wildman–Crippen LogP) is -0.0497. The molecule has 0 radical (unpaired) electrons. The summed E-state index contributed by atoms with van der Waals surface area (Å²) in [7, 11) is 0. The zero-order chi connectivity index (χ0) is 12.3. The molecule has 17 heavy (non-hydrogen) atoms. The van der Waals surface area contributed by atoms with Gasteiger partial charge in [0.05, 0.1) is 17.5 Å². The highest BCUT2D eigenvalue weighted by molar-refractivity contribution is 5.78. The van der Waals surface area contributed by atoms with Gasteiger partial charge in [-0.1, -0.05) is 11.8 Å². The van der Waals surface area contributed by atoms with Gasteiger partial charge in [-0.05, 0) is 18.2 Å². The Morgan fingerprint density at radius 2 is 2.06 bits per heavy atom. The number of rotatable bonds is 1. The molecule has 86 valence electrons. The summed E-state index contributed by atoms with van der Waals surface area (Å²) in [6.45, 7) is 0.00842. The van der Waals surface area contributed by atoms with Crippen molar-refractivity contribution in [2.24, 2.45) is 0 Å². The number of H-pyrrole nitrogens is 2. The lowest BCUT2D eigenvalue weighted by Gasteiger charge is -1.96. The molecule has 3 N–H and O–H groups in total. The number of nitrogens with one attached hydrogen (secondary N) is 2. The minimum atomic E-state index is -0.526. The first-order valence-electron chi connectivity index (χ1n) is 5.07. The molecular formula is C12H10N2O3. The summed E-state index contributed by atoms with van der Waals surface area (Å²) in [6, 6.07) is 4.95. The molecule has 5 heteroatoms.